The number of hydrogen-bond acceptors (Lipinski definition) is 4. The number of aromatic nitrogens is 2. The van der Waals surface area contributed by atoms with E-state index in [4.69, 9.17) is 4.74 Å². The second-order valence-electron chi connectivity index (χ2n) is 5.53. The van der Waals surface area contributed by atoms with Crippen LogP contribution in [-0.4, -0.2) is 48.6 Å². The Morgan fingerprint density at radius 2 is 2.29 bits per heavy atom. The summed E-state index contributed by atoms with van der Waals surface area (Å²) in [7, 11) is -1.91. The third kappa shape index (κ3) is 3.82. The summed E-state index contributed by atoms with van der Waals surface area (Å²) in [5.41, 5.74) is 0. The average molecular weight is 316 g/mol. The van der Waals surface area contributed by atoms with Crippen molar-refractivity contribution in [2.24, 2.45) is 0 Å². The second-order valence-corrected chi connectivity index (χ2v) is 7.24. The van der Waals surface area contributed by atoms with E-state index in [1.807, 2.05) is 24.6 Å². The van der Waals surface area contributed by atoms with Crippen LogP contribution in [0.1, 0.15) is 38.6 Å². The minimum Gasteiger partial charge on any atom is -0.383 e. The summed E-state index contributed by atoms with van der Waals surface area (Å²) in [5.74, 6) is 0.719. The van der Waals surface area contributed by atoms with Crippen LogP contribution >= 0.6 is 0 Å². The maximum Gasteiger partial charge on any atom is 0.280 e. The zero-order chi connectivity index (χ0) is 15.5. The molecule has 1 aliphatic heterocycles. The number of nitrogens with one attached hydrogen (secondary N) is 1. The van der Waals surface area contributed by atoms with Gasteiger partial charge in [0.2, 0.25) is 0 Å². The van der Waals surface area contributed by atoms with Crippen LogP contribution in [0.4, 0.5) is 0 Å². The third-order valence-corrected chi connectivity index (χ3v) is 5.32. The van der Waals surface area contributed by atoms with Crippen molar-refractivity contribution in [3.63, 3.8) is 0 Å². The van der Waals surface area contributed by atoms with Gasteiger partial charge in [-0.3, -0.25) is 0 Å². The molecule has 0 spiro atoms. The van der Waals surface area contributed by atoms with E-state index in [9.17, 15) is 8.42 Å². The van der Waals surface area contributed by atoms with Gasteiger partial charge in [0.1, 0.15) is 5.82 Å². The smallest absolute Gasteiger partial charge is 0.280 e. The van der Waals surface area contributed by atoms with E-state index < -0.39 is 10.2 Å². The molecule has 0 aromatic carbocycles. The van der Waals surface area contributed by atoms with Crippen molar-refractivity contribution in [1.82, 2.24) is 18.6 Å². The molecule has 1 N–H and O–H groups in total. The zero-order valence-electron chi connectivity index (χ0n) is 12.8. The van der Waals surface area contributed by atoms with Crippen LogP contribution in [0.5, 0.6) is 0 Å². The molecule has 0 amide bonds. The van der Waals surface area contributed by atoms with Crippen molar-refractivity contribution >= 4 is 10.2 Å². The molecule has 0 aliphatic carbocycles. The number of methoxy groups -OCH3 is 1. The first kappa shape index (κ1) is 16.4. The molecule has 1 saturated heterocycles. The van der Waals surface area contributed by atoms with E-state index in [-0.39, 0.29) is 18.6 Å². The van der Waals surface area contributed by atoms with E-state index in [1.54, 1.807) is 13.3 Å². The Hall–Kier alpha value is -0.960. The molecule has 1 atom stereocenters. The van der Waals surface area contributed by atoms with E-state index in [1.165, 1.54) is 4.31 Å². The number of imidazole rings is 1. The lowest BCUT2D eigenvalue weighted by Crippen LogP contribution is -2.45. The van der Waals surface area contributed by atoms with Gasteiger partial charge in [-0.25, -0.2) is 4.98 Å². The first-order valence-corrected chi connectivity index (χ1v) is 8.66. The van der Waals surface area contributed by atoms with Gasteiger partial charge in [-0.15, -0.1) is 0 Å². The predicted octanol–water partition coefficient (Wildman–Crippen LogP) is 0.909. The summed E-state index contributed by atoms with van der Waals surface area (Å²) in [6.07, 6.45) is 5.26. The number of hydrogen-bond donors (Lipinski definition) is 1. The third-order valence-electron chi connectivity index (χ3n) is 3.71. The Morgan fingerprint density at radius 1 is 1.52 bits per heavy atom. The van der Waals surface area contributed by atoms with E-state index in [2.05, 4.69) is 9.71 Å². The SMILES string of the molecule is COCC1CCCN1S(=O)(=O)NCc1nccn1C(C)C. The molecule has 7 nitrogen and oxygen atoms in total. The molecule has 2 heterocycles. The summed E-state index contributed by atoms with van der Waals surface area (Å²) in [6, 6.07) is 0.178. The fraction of sp³-hybridized carbons (Fsp3) is 0.769. The molecule has 2 rings (SSSR count). The van der Waals surface area contributed by atoms with Gasteiger partial charge < -0.3 is 9.30 Å². The molecule has 0 radical (unpaired) electrons. The molecular formula is C13H24N4O3S. The van der Waals surface area contributed by atoms with Crippen LogP contribution in [0.25, 0.3) is 0 Å². The molecular weight excluding hydrogens is 292 g/mol. The highest BCUT2D eigenvalue weighted by atomic mass is 32.2. The lowest BCUT2D eigenvalue weighted by atomic mass is 10.2. The summed E-state index contributed by atoms with van der Waals surface area (Å²) < 4.78 is 36.0. The molecule has 0 bridgehead atoms. The van der Waals surface area contributed by atoms with Crippen LogP contribution in [0.2, 0.25) is 0 Å². The first-order chi connectivity index (χ1) is 9.95. The summed E-state index contributed by atoms with van der Waals surface area (Å²) in [5, 5.41) is 0. The highest BCUT2D eigenvalue weighted by molar-refractivity contribution is 7.87. The van der Waals surface area contributed by atoms with Crippen LogP contribution in [0.3, 0.4) is 0 Å². The van der Waals surface area contributed by atoms with Gasteiger partial charge in [0.05, 0.1) is 13.2 Å². The minimum absolute atomic E-state index is 0.0719. The number of rotatable bonds is 7. The Morgan fingerprint density at radius 3 is 2.95 bits per heavy atom. The lowest BCUT2D eigenvalue weighted by Gasteiger charge is -2.23. The topological polar surface area (TPSA) is 76.5 Å². The van der Waals surface area contributed by atoms with Gasteiger partial charge in [-0.1, -0.05) is 0 Å². The Kier molecular flexibility index (Phi) is 5.37. The molecule has 1 aromatic heterocycles. The largest absolute Gasteiger partial charge is 0.383 e. The van der Waals surface area contributed by atoms with Gasteiger partial charge in [0.25, 0.3) is 10.2 Å². The maximum absolute atomic E-state index is 12.4. The van der Waals surface area contributed by atoms with Crippen LogP contribution < -0.4 is 4.72 Å². The Labute approximate surface area is 126 Å². The van der Waals surface area contributed by atoms with Crippen LogP contribution in [-0.2, 0) is 21.5 Å². The zero-order valence-corrected chi connectivity index (χ0v) is 13.6. The predicted molar refractivity (Wildman–Crippen MR) is 80.0 cm³/mol. The van der Waals surface area contributed by atoms with Crippen molar-refractivity contribution < 1.29 is 13.2 Å². The highest BCUT2D eigenvalue weighted by Crippen LogP contribution is 2.20. The summed E-state index contributed by atoms with van der Waals surface area (Å²) >= 11 is 0. The lowest BCUT2D eigenvalue weighted by molar-refractivity contribution is 0.148. The second kappa shape index (κ2) is 6.87. The molecule has 1 aromatic rings. The number of nitrogens with zero attached hydrogens (tertiary/aromatic N) is 3. The summed E-state index contributed by atoms with van der Waals surface area (Å²) in [4.78, 5) is 4.22. The number of ether oxygens (including phenoxy) is 1. The Bertz CT molecular complexity index is 556. The van der Waals surface area contributed by atoms with Gasteiger partial charge in [0.15, 0.2) is 0 Å². The van der Waals surface area contributed by atoms with Crippen molar-refractivity contribution in [3.8, 4) is 0 Å². The maximum atomic E-state index is 12.4. The standard InChI is InChI=1S/C13H24N4O3S/c1-11(2)16-8-6-14-13(16)9-15-21(18,19)17-7-4-5-12(17)10-20-3/h6,8,11-12,15H,4-5,7,9-10H2,1-3H3. The van der Waals surface area contributed by atoms with Crippen molar-refractivity contribution in [3.05, 3.63) is 18.2 Å². The normalized spacial score (nSPS) is 20.5. The van der Waals surface area contributed by atoms with Gasteiger partial charge in [-0.2, -0.15) is 17.4 Å². The highest BCUT2D eigenvalue weighted by Gasteiger charge is 2.34. The molecule has 8 heteroatoms. The molecule has 1 aliphatic rings. The van der Waals surface area contributed by atoms with E-state index in [0.29, 0.717) is 13.2 Å². The van der Waals surface area contributed by atoms with Crippen molar-refractivity contribution in [2.45, 2.75) is 45.3 Å². The molecule has 120 valence electrons. The fourth-order valence-electron chi connectivity index (χ4n) is 2.67. The Balaban J connectivity index is 2.02. The van der Waals surface area contributed by atoms with Crippen LogP contribution in [0.15, 0.2) is 12.4 Å². The van der Waals surface area contributed by atoms with Gasteiger partial charge in [0, 0.05) is 38.1 Å². The summed E-state index contributed by atoms with van der Waals surface area (Å²) in [6.45, 7) is 5.25. The van der Waals surface area contributed by atoms with E-state index in [0.717, 1.165) is 18.7 Å². The molecule has 1 unspecified atom stereocenters. The monoisotopic (exact) mass is 316 g/mol. The van der Waals surface area contributed by atoms with Crippen LogP contribution in [0, 0.1) is 0 Å². The average Bonchev–Trinajstić information content (AvgIpc) is 3.05. The van der Waals surface area contributed by atoms with Gasteiger partial charge >= 0.3 is 0 Å². The van der Waals surface area contributed by atoms with E-state index >= 15 is 0 Å². The molecule has 21 heavy (non-hydrogen) atoms. The van der Waals surface area contributed by atoms with Crippen molar-refractivity contribution in [1.29, 1.82) is 0 Å². The molecule has 0 saturated carbocycles. The quantitative estimate of drug-likeness (QED) is 0.811. The minimum atomic E-state index is -3.50. The molecule has 1 fully saturated rings. The fourth-order valence-corrected chi connectivity index (χ4v) is 4.08. The first-order valence-electron chi connectivity index (χ1n) is 7.22. The van der Waals surface area contributed by atoms with Crippen molar-refractivity contribution in [2.75, 3.05) is 20.3 Å². The van der Waals surface area contributed by atoms with Gasteiger partial charge in [-0.05, 0) is 26.7 Å².